The number of hydrogen-bond acceptors (Lipinski definition) is 3. The topological polar surface area (TPSA) is 85.5 Å². The molecule has 0 aliphatic rings. The molecule has 0 aliphatic carbocycles. The molecule has 0 unspecified atom stereocenters. The van der Waals surface area contributed by atoms with E-state index in [2.05, 4.69) is 4.98 Å². The number of benzene rings is 1. The average Bonchev–Trinajstić information content (AvgIpc) is 2.86. The van der Waals surface area contributed by atoms with Gasteiger partial charge in [-0.3, -0.25) is 4.40 Å². The number of fused-ring (bicyclic) bond motifs is 3. The first-order valence-corrected chi connectivity index (χ1v) is 5.51. The lowest BCUT2D eigenvalue weighted by Gasteiger charge is -1.96. The summed E-state index contributed by atoms with van der Waals surface area (Å²) >= 11 is 0. The third kappa shape index (κ3) is 1.32. The standard InChI is InChI=1S/C12H12N4O2/c1-15-8(5-13)6-16-10-3-2-7(11(17)18)4-9(10)14-12(15)16/h2-4,6H,5,13H2,1H3,(H,17,18). The molecule has 2 aromatic heterocycles. The molecule has 0 bridgehead atoms. The maximum Gasteiger partial charge on any atom is 0.335 e. The van der Waals surface area contributed by atoms with E-state index in [1.54, 1.807) is 18.2 Å². The molecule has 6 heteroatoms. The Hall–Kier alpha value is -2.34. The predicted molar refractivity (Wildman–Crippen MR) is 66.5 cm³/mol. The zero-order valence-electron chi connectivity index (χ0n) is 9.79. The van der Waals surface area contributed by atoms with Crippen LogP contribution in [0.4, 0.5) is 0 Å². The highest BCUT2D eigenvalue weighted by molar-refractivity contribution is 5.93. The average molecular weight is 244 g/mol. The van der Waals surface area contributed by atoms with E-state index in [0.717, 1.165) is 17.0 Å². The van der Waals surface area contributed by atoms with Gasteiger partial charge in [-0.2, -0.15) is 0 Å². The van der Waals surface area contributed by atoms with Crippen LogP contribution >= 0.6 is 0 Å². The molecule has 0 radical (unpaired) electrons. The van der Waals surface area contributed by atoms with Crippen LogP contribution in [0.25, 0.3) is 16.8 Å². The lowest BCUT2D eigenvalue weighted by Crippen LogP contribution is -2.03. The number of carboxylic acid groups (broad SMARTS) is 1. The van der Waals surface area contributed by atoms with Gasteiger partial charge in [0, 0.05) is 19.8 Å². The summed E-state index contributed by atoms with van der Waals surface area (Å²) in [5.41, 5.74) is 8.41. The Bertz CT molecular complexity index is 769. The first-order chi connectivity index (χ1) is 8.61. The van der Waals surface area contributed by atoms with E-state index in [-0.39, 0.29) is 5.56 Å². The maximum absolute atomic E-state index is 10.9. The second-order valence-corrected chi connectivity index (χ2v) is 4.17. The van der Waals surface area contributed by atoms with Gasteiger partial charge in [0.1, 0.15) is 0 Å². The van der Waals surface area contributed by atoms with Crippen molar-refractivity contribution in [3.63, 3.8) is 0 Å². The molecule has 3 rings (SSSR count). The Kier molecular flexibility index (Phi) is 2.14. The number of nitrogens with two attached hydrogens (primary N) is 1. The van der Waals surface area contributed by atoms with Crippen molar-refractivity contribution in [3.8, 4) is 0 Å². The summed E-state index contributed by atoms with van der Waals surface area (Å²) in [5, 5.41) is 8.95. The van der Waals surface area contributed by atoms with Gasteiger partial charge in [-0.1, -0.05) is 0 Å². The van der Waals surface area contributed by atoms with Crippen LogP contribution in [0.15, 0.2) is 24.4 Å². The van der Waals surface area contributed by atoms with Crippen LogP contribution in [0.3, 0.4) is 0 Å². The molecule has 2 heterocycles. The number of aromatic nitrogens is 3. The summed E-state index contributed by atoms with van der Waals surface area (Å²) in [6.07, 6.45) is 1.92. The molecule has 0 spiro atoms. The van der Waals surface area contributed by atoms with E-state index in [1.807, 2.05) is 22.2 Å². The number of carbonyl (C=O) groups is 1. The molecule has 3 N–H and O–H groups in total. The summed E-state index contributed by atoms with van der Waals surface area (Å²) < 4.78 is 3.82. The second-order valence-electron chi connectivity index (χ2n) is 4.17. The van der Waals surface area contributed by atoms with E-state index in [1.165, 1.54) is 0 Å². The Morgan fingerprint density at radius 1 is 1.50 bits per heavy atom. The van der Waals surface area contributed by atoms with Crippen LogP contribution in [0.5, 0.6) is 0 Å². The number of imidazole rings is 2. The van der Waals surface area contributed by atoms with Crippen molar-refractivity contribution in [1.82, 2.24) is 14.0 Å². The Morgan fingerprint density at radius 3 is 2.94 bits per heavy atom. The van der Waals surface area contributed by atoms with Gasteiger partial charge in [-0.25, -0.2) is 9.78 Å². The van der Waals surface area contributed by atoms with Crippen molar-refractivity contribution < 1.29 is 9.90 Å². The number of carboxylic acids is 1. The van der Waals surface area contributed by atoms with Crippen molar-refractivity contribution in [2.24, 2.45) is 12.8 Å². The number of rotatable bonds is 2. The summed E-state index contributed by atoms with van der Waals surface area (Å²) in [4.78, 5) is 15.3. The zero-order chi connectivity index (χ0) is 12.9. The fraction of sp³-hybridized carbons (Fsp3) is 0.167. The maximum atomic E-state index is 10.9. The summed E-state index contributed by atoms with van der Waals surface area (Å²) in [6.45, 7) is 0.439. The van der Waals surface area contributed by atoms with Gasteiger partial charge in [-0.15, -0.1) is 0 Å². The van der Waals surface area contributed by atoms with Gasteiger partial charge in [0.15, 0.2) is 0 Å². The van der Waals surface area contributed by atoms with Gasteiger partial charge in [0.2, 0.25) is 5.78 Å². The molecular weight excluding hydrogens is 232 g/mol. The van der Waals surface area contributed by atoms with E-state index < -0.39 is 5.97 Å². The smallest absolute Gasteiger partial charge is 0.335 e. The van der Waals surface area contributed by atoms with Crippen LogP contribution in [0.2, 0.25) is 0 Å². The SMILES string of the molecule is Cn1c(CN)cn2c3ccc(C(=O)O)cc3nc12. The van der Waals surface area contributed by atoms with Crippen molar-refractivity contribution in [2.75, 3.05) is 0 Å². The molecule has 1 aromatic carbocycles. The summed E-state index contributed by atoms with van der Waals surface area (Å²) in [6, 6.07) is 4.92. The lowest BCUT2D eigenvalue weighted by atomic mass is 10.2. The molecule has 0 fully saturated rings. The quantitative estimate of drug-likeness (QED) is 0.703. The van der Waals surface area contributed by atoms with Gasteiger partial charge < -0.3 is 15.4 Å². The van der Waals surface area contributed by atoms with Crippen molar-refractivity contribution >= 4 is 22.8 Å². The largest absolute Gasteiger partial charge is 0.478 e. The molecule has 0 aliphatic heterocycles. The van der Waals surface area contributed by atoms with E-state index in [0.29, 0.717) is 12.1 Å². The molecule has 0 amide bonds. The molecule has 6 nitrogen and oxygen atoms in total. The fourth-order valence-corrected chi connectivity index (χ4v) is 2.14. The Labute approximate surface area is 102 Å². The van der Waals surface area contributed by atoms with E-state index in [9.17, 15) is 4.79 Å². The normalized spacial score (nSPS) is 11.4. The predicted octanol–water partition coefficient (Wildman–Crippen LogP) is 0.983. The number of nitrogens with zero attached hydrogens (tertiary/aromatic N) is 3. The number of aromatic carboxylic acids is 1. The van der Waals surface area contributed by atoms with Crippen molar-refractivity contribution in [3.05, 3.63) is 35.7 Å². The number of hydrogen-bond donors (Lipinski definition) is 2. The molecule has 92 valence electrons. The van der Waals surface area contributed by atoms with Gasteiger partial charge in [-0.05, 0) is 18.2 Å². The first kappa shape index (κ1) is 10.8. The van der Waals surface area contributed by atoms with Gasteiger partial charge >= 0.3 is 5.97 Å². The highest BCUT2D eigenvalue weighted by atomic mass is 16.4. The monoisotopic (exact) mass is 244 g/mol. The summed E-state index contributed by atoms with van der Waals surface area (Å²) in [7, 11) is 1.89. The molecule has 0 atom stereocenters. The minimum absolute atomic E-state index is 0.241. The second kappa shape index (κ2) is 3.58. The molecule has 0 saturated carbocycles. The molecular formula is C12H12N4O2. The Balaban J connectivity index is 2.35. The van der Waals surface area contributed by atoms with Crippen LogP contribution in [-0.4, -0.2) is 25.0 Å². The Morgan fingerprint density at radius 2 is 2.28 bits per heavy atom. The van der Waals surface area contributed by atoms with Crippen molar-refractivity contribution in [1.29, 1.82) is 0 Å². The number of aryl methyl sites for hydroxylation is 1. The third-order valence-corrected chi connectivity index (χ3v) is 3.14. The van der Waals surface area contributed by atoms with Crippen LogP contribution < -0.4 is 5.73 Å². The summed E-state index contributed by atoms with van der Waals surface area (Å²) in [5.74, 6) is -0.190. The lowest BCUT2D eigenvalue weighted by molar-refractivity contribution is 0.0697. The fourth-order valence-electron chi connectivity index (χ4n) is 2.14. The first-order valence-electron chi connectivity index (χ1n) is 5.51. The van der Waals surface area contributed by atoms with Gasteiger partial charge in [0.05, 0.1) is 22.3 Å². The van der Waals surface area contributed by atoms with Gasteiger partial charge in [0.25, 0.3) is 0 Å². The highest BCUT2D eigenvalue weighted by Gasteiger charge is 2.12. The van der Waals surface area contributed by atoms with E-state index >= 15 is 0 Å². The van der Waals surface area contributed by atoms with Crippen LogP contribution in [0, 0.1) is 0 Å². The van der Waals surface area contributed by atoms with Crippen LogP contribution in [0.1, 0.15) is 16.1 Å². The minimum Gasteiger partial charge on any atom is -0.478 e. The minimum atomic E-state index is -0.948. The zero-order valence-corrected chi connectivity index (χ0v) is 9.79. The molecule has 0 saturated heterocycles. The highest BCUT2D eigenvalue weighted by Crippen LogP contribution is 2.20. The third-order valence-electron chi connectivity index (χ3n) is 3.14. The molecule has 18 heavy (non-hydrogen) atoms. The molecule has 3 aromatic rings. The van der Waals surface area contributed by atoms with Crippen molar-refractivity contribution in [2.45, 2.75) is 6.54 Å². The van der Waals surface area contributed by atoms with E-state index in [4.69, 9.17) is 10.8 Å². The van der Waals surface area contributed by atoms with Crippen LogP contribution in [-0.2, 0) is 13.6 Å².